The number of sulfonamides is 1. The Bertz CT molecular complexity index is 1680. The molecule has 4 aromatic rings. The van der Waals surface area contributed by atoms with Gasteiger partial charge in [-0.1, -0.05) is 61.9 Å². The van der Waals surface area contributed by atoms with E-state index in [1.165, 1.54) is 41.3 Å². The van der Waals surface area contributed by atoms with Crippen molar-refractivity contribution in [3.8, 4) is 11.5 Å². The summed E-state index contributed by atoms with van der Waals surface area (Å²) in [5.74, 6) is -0.134. The largest absolute Gasteiger partial charge is 0.457 e. The summed E-state index contributed by atoms with van der Waals surface area (Å²) in [5, 5.41) is 2.85. The Morgan fingerprint density at radius 1 is 0.822 bits per heavy atom. The van der Waals surface area contributed by atoms with Crippen LogP contribution in [-0.2, 0) is 26.2 Å². The fraction of sp³-hybridized carbons (Fsp3) is 0.257. The molecule has 45 heavy (non-hydrogen) atoms. The van der Waals surface area contributed by atoms with Gasteiger partial charge >= 0.3 is 0 Å². The van der Waals surface area contributed by atoms with Crippen LogP contribution in [0.25, 0.3) is 0 Å². The van der Waals surface area contributed by atoms with Crippen LogP contribution in [0.2, 0.25) is 0 Å². The number of benzene rings is 4. The lowest BCUT2D eigenvalue weighted by Crippen LogP contribution is -2.51. The Morgan fingerprint density at radius 3 is 2.02 bits per heavy atom. The molecule has 0 aliphatic rings. The molecule has 0 saturated carbocycles. The van der Waals surface area contributed by atoms with E-state index < -0.39 is 34.3 Å². The first-order chi connectivity index (χ1) is 21.4. The average Bonchev–Trinajstić information content (AvgIpc) is 3.03. The second-order valence-electron chi connectivity index (χ2n) is 11.2. The summed E-state index contributed by atoms with van der Waals surface area (Å²) in [6.45, 7) is 7.14. The fourth-order valence-corrected chi connectivity index (χ4v) is 5.91. The Labute approximate surface area is 264 Å². The molecular weight excluding hydrogens is 593 g/mol. The quantitative estimate of drug-likeness (QED) is 0.187. The number of carbonyl (C=O) groups is 2. The lowest BCUT2D eigenvalue weighted by Gasteiger charge is -2.32. The zero-order valence-corrected chi connectivity index (χ0v) is 26.6. The van der Waals surface area contributed by atoms with E-state index in [1.54, 1.807) is 55.5 Å². The van der Waals surface area contributed by atoms with Crippen molar-refractivity contribution in [2.45, 2.75) is 45.2 Å². The molecule has 10 heteroatoms. The van der Waals surface area contributed by atoms with Crippen molar-refractivity contribution in [2.24, 2.45) is 5.92 Å². The van der Waals surface area contributed by atoms with Crippen LogP contribution in [-0.4, -0.2) is 44.3 Å². The third-order valence-corrected chi connectivity index (χ3v) is 8.90. The summed E-state index contributed by atoms with van der Waals surface area (Å²) >= 11 is 0. The van der Waals surface area contributed by atoms with Crippen molar-refractivity contribution < 1.29 is 27.1 Å². The number of nitrogens with one attached hydrogen (secondary N) is 1. The Morgan fingerprint density at radius 2 is 1.42 bits per heavy atom. The average molecular weight is 632 g/mol. The number of anilines is 1. The number of para-hydroxylation sites is 1. The molecule has 0 spiro atoms. The van der Waals surface area contributed by atoms with Gasteiger partial charge in [-0.25, -0.2) is 12.8 Å². The van der Waals surface area contributed by atoms with E-state index in [-0.39, 0.29) is 29.0 Å². The number of hydrogen-bond acceptors (Lipinski definition) is 5. The Balaban J connectivity index is 1.69. The number of halogens is 1. The predicted molar refractivity (Wildman–Crippen MR) is 173 cm³/mol. The number of hydrogen-bond donors (Lipinski definition) is 1. The molecule has 236 valence electrons. The highest BCUT2D eigenvalue weighted by atomic mass is 32.2. The van der Waals surface area contributed by atoms with Crippen molar-refractivity contribution >= 4 is 27.5 Å². The minimum absolute atomic E-state index is 0.0123. The Hall–Kier alpha value is -4.70. The Kier molecular flexibility index (Phi) is 11.0. The first-order valence-electron chi connectivity index (χ1n) is 14.7. The summed E-state index contributed by atoms with van der Waals surface area (Å²) in [6, 6.07) is 26.6. The van der Waals surface area contributed by atoms with Crippen LogP contribution in [0.1, 0.15) is 31.9 Å². The van der Waals surface area contributed by atoms with Crippen LogP contribution in [0, 0.1) is 18.7 Å². The first kappa shape index (κ1) is 33.2. The lowest BCUT2D eigenvalue weighted by atomic mass is 10.1. The van der Waals surface area contributed by atoms with Gasteiger partial charge in [-0.05, 0) is 86.0 Å². The summed E-state index contributed by atoms with van der Waals surface area (Å²) in [4.78, 5) is 28.5. The van der Waals surface area contributed by atoms with Gasteiger partial charge in [-0.2, -0.15) is 0 Å². The molecule has 0 heterocycles. The second-order valence-corrected chi connectivity index (χ2v) is 13.1. The van der Waals surface area contributed by atoms with Crippen molar-refractivity contribution in [3.05, 3.63) is 120 Å². The van der Waals surface area contributed by atoms with Gasteiger partial charge < -0.3 is 15.0 Å². The highest BCUT2D eigenvalue weighted by Gasteiger charge is 2.32. The van der Waals surface area contributed by atoms with E-state index in [0.717, 1.165) is 9.87 Å². The fourth-order valence-electron chi connectivity index (χ4n) is 4.49. The third-order valence-electron chi connectivity index (χ3n) is 7.11. The van der Waals surface area contributed by atoms with Gasteiger partial charge in [0.05, 0.1) is 10.6 Å². The van der Waals surface area contributed by atoms with Crippen LogP contribution in [0.4, 0.5) is 10.1 Å². The van der Waals surface area contributed by atoms with Crippen LogP contribution in [0.15, 0.2) is 108 Å². The smallest absolute Gasteiger partial charge is 0.264 e. The number of nitrogens with zero attached hydrogens (tertiary/aromatic N) is 2. The lowest BCUT2D eigenvalue weighted by molar-refractivity contribution is -0.139. The van der Waals surface area contributed by atoms with Gasteiger partial charge in [0.15, 0.2) is 0 Å². The molecular formula is C35H38FN3O5S. The van der Waals surface area contributed by atoms with Crippen LogP contribution >= 0.6 is 0 Å². The number of carbonyl (C=O) groups excluding carboxylic acids is 2. The maximum absolute atomic E-state index is 14.1. The molecule has 0 aliphatic carbocycles. The zero-order valence-electron chi connectivity index (χ0n) is 25.8. The van der Waals surface area contributed by atoms with Gasteiger partial charge in [0, 0.05) is 13.1 Å². The van der Waals surface area contributed by atoms with Crippen molar-refractivity contribution in [2.75, 3.05) is 17.4 Å². The second kappa shape index (κ2) is 14.9. The molecule has 2 amide bonds. The highest BCUT2D eigenvalue weighted by molar-refractivity contribution is 7.92. The van der Waals surface area contributed by atoms with Gasteiger partial charge in [-0.15, -0.1) is 0 Å². The van der Waals surface area contributed by atoms with E-state index in [9.17, 15) is 22.4 Å². The minimum Gasteiger partial charge on any atom is -0.457 e. The maximum atomic E-state index is 14.1. The predicted octanol–water partition coefficient (Wildman–Crippen LogP) is 6.31. The van der Waals surface area contributed by atoms with Crippen molar-refractivity contribution in [3.63, 3.8) is 0 Å². The molecule has 0 aromatic heterocycles. The van der Waals surface area contributed by atoms with Crippen LogP contribution in [0.5, 0.6) is 11.5 Å². The SMILES string of the molecule is Cc1ccc(S(=O)(=O)N(CC(=O)N(Cc2ccc(F)cc2)[C@@H](C)C(=O)NCC(C)C)c2ccc(Oc3ccccc3)cc2)cc1. The van der Waals surface area contributed by atoms with E-state index in [0.29, 0.717) is 23.6 Å². The minimum atomic E-state index is -4.22. The molecule has 0 aliphatic heterocycles. The van der Waals surface area contributed by atoms with Gasteiger partial charge in [0.2, 0.25) is 11.8 Å². The number of aryl methyl sites for hydroxylation is 1. The van der Waals surface area contributed by atoms with Gasteiger partial charge in [0.25, 0.3) is 10.0 Å². The number of ether oxygens (including phenoxy) is 1. The normalized spacial score (nSPS) is 12.0. The molecule has 0 fully saturated rings. The molecule has 1 atom stereocenters. The molecule has 4 rings (SSSR count). The standard InChI is InChI=1S/C35H38FN3O5S/c1-25(2)22-37-35(41)27(4)38(23-28-12-14-29(36)15-13-28)34(40)24-39(45(42,43)33-20-10-26(3)11-21-33)30-16-18-32(19-17-30)44-31-8-6-5-7-9-31/h5-21,25,27H,22-24H2,1-4H3,(H,37,41)/t27-/m0/s1. The summed E-state index contributed by atoms with van der Waals surface area (Å²) in [5.41, 5.74) is 1.71. The third kappa shape index (κ3) is 8.92. The molecule has 0 radical (unpaired) electrons. The molecule has 4 aromatic carbocycles. The van der Waals surface area contributed by atoms with E-state index in [2.05, 4.69) is 5.32 Å². The van der Waals surface area contributed by atoms with Gasteiger partial charge in [0.1, 0.15) is 29.9 Å². The topological polar surface area (TPSA) is 96.0 Å². The van der Waals surface area contributed by atoms with E-state index in [1.807, 2.05) is 39.0 Å². The van der Waals surface area contributed by atoms with Crippen molar-refractivity contribution in [1.29, 1.82) is 0 Å². The van der Waals surface area contributed by atoms with E-state index >= 15 is 0 Å². The number of amides is 2. The van der Waals surface area contributed by atoms with E-state index in [4.69, 9.17) is 4.74 Å². The molecule has 0 saturated heterocycles. The summed E-state index contributed by atoms with van der Waals surface area (Å²) in [6.07, 6.45) is 0. The zero-order chi connectivity index (χ0) is 32.6. The van der Waals surface area contributed by atoms with Gasteiger partial charge in [-0.3, -0.25) is 13.9 Å². The molecule has 8 nitrogen and oxygen atoms in total. The molecule has 1 N–H and O–H groups in total. The van der Waals surface area contributed by atoms with Crippen LogP contribution in [0.3, 0.4) is 0 Å². The maximum Gasteiger partial charge on any atom is 0.264 e. The van der Waals surface area contributed by atoms with Crippen molar-refractivity contribution in [1.82, 2.24) is 10.2 Å². The molecule has 0 unspecified atom stereocenters. The molecule has 0 bridgehead atoms. The first-order valence-corrected chi connectivity index (χ1v) is 16.1. The monoisotopic (exact) mass is 631 g/mol. The number of rotatable bonds is 13. The highest BCUT2D eigenvalue weighted by Crippen LogP contribution is 2.29. The summed E-state index contributed by atoms with van der Waals surface area (Å²) in [7, 11) is -4.22. The van der Waals surface area contributed by atoms with Crippen LogP contribution < -0.4 is 14.4 Å². The summed E-state index contributed by atoms with van der Waals surface area (Å²) < 4.78 is 48.7.